The van der Waals surface area contributed by atoms with E-state index >= 15 is 0 Å². The van der Waals surface area contributed by atoms with Gasteiger partial charge in [-0.25, -0.2) is 9.97 Å². The van der Waals surface area contributed by atoms with Crippen LogP contribution in [0.2, 0.25) is 0 Å². The second-order valence-corrected chi connectivity index (χ2v) is 4.42. The van der Waals surface area contributed by atoms with E-state index in [4.69, 9.17) is 10.3 Å². The third-order valence-electron chi connectivity index (χ3n) is 3.19. The topological polar surface area (TPSA) is 151 Å². The van der Waals surface area contributed by atoms with Crippen molar-refractivity contribution in [3.63, 3.8) is 0 Å². The molecular formula is C10H11N7O4. The number of hydrogen-bond donors (Lipinski definition) is 2. The molecule has 0 unspecified atom stereocenters. The lowest BCUT2D eigenvalue weighted by Gasteiger charge is -2.14. The van der Waals surface area contributed by atoms with Crippen LogP contribution in [0.3, 0.4) is 0 Å². The second kappa shape index (κ2) is 5.40. The molecule has 0 spiro atoms. The fourth-order valence-corrected chi connectivity index (χ4v) is 2.22. The van der Waals surface area contributed by atoms with E-state index in [0.29, 0.717) is 12.1 Å². The van der Waals surface area contributed by atoms with Gasteiger partial charge in [-0.1, -0.05) is 0 Å². The van der Waals surface area contributed by atoms with Crippen molar-refractivity contribution in [3.05, 3.63) is 23.1 Å². The average Bonchev–Trinajstić information content (AvgIpc) is 3.04. The molecule has 3 atom stereocenters. The Bertz CT molecular complexity index is 698. The van der Waals surface area contributed by atoms with Gasteiger partial charge in [0, 0.05) is 11.3 Å². The van der Waals surface area contributed by atoms with Crippen LogP contribution in [0.5, 0.6) is 5.88 Å². The number of aliphatic hydroxyl groups is 1. The van der Waals surface area contributed by atoms with Crippen LogP contribution in [-0.2, 0) is 9.57 Å². The number of azide groups is 1. The molecule has 1 fully saturated rings. The fourth-order valence-electron chi connectivity index (χ4n) is 2.22. The highest BCUT2D eigenvalue weighted by Gasteiger charge is 2.36. The van der Waals surface area contributed by atoms with Gasteiger partial charge in [0.25, 0.3) is 0 Å². The van der Waals surface area contributed by atoms with Gasteiger partial charge in [-0.2, -0.15) is 4.98 Å². The number of hydrogen-bond acceptors (Lipinski definition) is 8. The fraction of sp³-hybridized carbons (Fsp3) is 0.500. The van der Waals surface area contributed by atoms with Gasteiger partial charge in [0.2, 0.25) is 5.88 Å². The van der Waals surface area contributed by atoms with Crippen molar-refractivity contribution in [2.45, 2.75) is 24.9 Å². The first-order valence-electron chi connectivity index (χ1n) is 6.07. The van der Waals surface area contributed by atoms with Gasteiger partial charge < -0.3 is 19.8 Å². The molecule has 110 valence electrons. The van der Waals surface area contributed by atoms with Crippen LogP contribution in [0, 0.1) is 0 Å². The Kier molecular flexibility index (Phi) is 3.44. The van der Waals surface area contributed by atoms with Crippen molar-refractivity contribution in [3.8, 4) is 5.88 Å². The maximum Gasteiger partial charge on any atom is 0.242 e. The van der Waals surface area contributed by atoms with Gasteiger partial charge >= 0.3 is 0 Å². The molecular weight excluding hydrogens is 282 g/mol. The Balaban J connectivity index is 1.81. The molecule has 3 rings (SSSR count). The van der Waals surface area contributed by atoms with Gasteiger partial charge in [0.15, 0.2) is 11.2 Å². The summed E-state index contributed by atoms with van der Waals surface area (Å²) in [5, 5.41) is 22.5. The van der Waals surface area contributed by atoms with Crippen LogP contribution in [0.25, 0.3) is 21.6 Å². The summed E-state index contributed by atoms with van der Waals surface area (Å²) in [7, 11) is 0. The van der Waals surface area contributed by atoms with Gasteiger partial charge in [-0.3, -0.25) is 4.57 Å². The lowest BCUT2D eigenvalue weighted by molar-refractivity contribution is -0.0616. The summed E-state index contributed by atoms with van der Waals surface area (Å²) in [6.07, 6.45) is 1.03. The van der Waals surface area contributed by atoms with Crippen molar-refractivity contribution in [2.75, 3.05) is 6.61 Å². The minimum absolute atomic E-state index is 0.0609. The Hall–Kier alpha value is -2.62. The third-order valence-corrected chi connectivity index (χ3v) is 3.19. The molecule has 11 heteroatoms. The normalized spacial score (nSPS) is 24.9. The first-order valence-corrected chi connectivity index (χ1v) is 6.07. The number of aromatic nitrogens is 4. The van der Waals surface area contributed by atoms with Gasteiger partial charge in [-0.05, 0) is 5.53 Å². The standard InChI is InChI=1S/C10H11N7O4/c11-15-16-20-2-6-5(18)1-7(21-6)17-4-14-8-9(17)12-3-13-10(8)19/h3-7,18H,1-2H2,(H,12,13,19)/t5-,6+,7+/m0/s1. The van der Waals surface area contributed by atoms with E-state index in [1.165, 1.54) is 12.7 Å². The summed E-state index contributed by atoms with van der Waals surface area (Å²) in [4.78, 5) is 18.8. The van der Waals surface area contributed by atoms with E-state index in [1.54, 1.807) is 4.57 Å². The molecule has 2 aromatic heterocycles. The monoisotopic (exact) mass is 293 g/mol. The smallest absolute Gasteiger partial charge is 0.242 e. The summed E-state index contributed by atoms with van der Waals surface area (Å²) >= 11 is 0. The van der Waals surface area contributed by atoms with Crippen molar-refractivity contribution in [1.82, 2.24) is 19.5 Å². The third kappa shape index (κ3) is 2.40. The first-order chi connectivity index (χ1) is 10.2. The maximum absolute atomic E-state index is 9.93. The van der Waals surface area contributed by atoms with Gasteiger partial charge in [0.1, 0.15) is 30.5 Å². The van der Waals surface area contributed by atoms with E-state index in [1.807, 2.05) is 0 Å². The highest BCUT2D eigenvalue weighted by Crippen LogP contribution is 2.31. The molecule has 2 N–H and O–H groups in total. The first kappa shape index (κ1) is 13.4. The van der Waals surface area contributed by atoms with Crippen LogP contribution < -0.4 is 0 Å². The largest absolute Gasteiger partial charge is 0.492 e. The summed E-state index contributed by atoms with van der Waals surface area (Å²) in [6, 6.07) is 0. The van der Waals surface area contributed by atoms with Crippen molar-refractivity contribution in [2.24, 2.45) is 5.28 Å². The molecule has 1 saturated heterocycles. The van der Waals surface area contributed by atoms with Crippen LogP contribution >= 0.6 is 0 Å². The molecule has 0 aliphatic carbocycles. The van der Waals surface area contributed by atoms with Crippen molar-refractivity contribution >= 4 is 11.2 Å². The number of rotatable bonds is 4. The van der Waals surface area contributed by atoms with Crippen LogP contribution in [0.15, 0.2) is 17.9 Å². The van der Waals surface area contributed by atoms with Gasteiger partial charge in [-0.15, -0.1) is 0 Å². The lowest BCUT2D eigenvalue weighted by atomic mass is 10.2. The molecule has 0 saturated carbocycles. The molecule has 2 aromatic rings. The van der Waals surface area contributed by atoms with Gasteiger partial charge in [0.05, 0.1) is 12.4 Å². The Morgan fingerprint density at radius 2 is 2.38 bits per heavy atom. The van der Waals surface area contributed by atoms with E-state index in [-0.39, 0.29) is 18.0 Å². The molecule has 0 aromatic carbocycles. The van der Waals surface area contributed by atoms with Crippen molar-refractivity contribution in [1.29, 1.82) is 0 Å². The molecule has 11 nitrogen and oxygen atoms in total. The zero-order valence-corrected chi connectivity index (χ0v) is 10.6. The number of nitrogens with zero attached hydrogens (tertiary/aromatic N) is 7. The predicted octanol–water partition coefficient (Wildman–Crippen LogP) is 0.422. The number of fused-ring (bicyclic) bond motifs is 1. The van der Waals surface area contributed by atoms with Crippen LogP contribution in [0.1, 0.15) is 12.6 Å². The summed E-state index contributed by atoms with van der Waals surface area (Å²) in [5.41, 5.74) is 8.79. The van der Waals surface area contributed by atoms with E-state index in [2.05, 4.69) is 30.0 Å². The van der Waals surface area contributed by atoms with E-state index in [0.717, 1.165) is 0 Å². The summed E-state index contributed by atoms with van der Waals surface area (Å²) in [5.74, 6) is -0.222. The molecule has 1 aliphatic heterocycles. The molecule has 0 radical (unpaired) electrons. The molecule has 1 aliphatic rings. The van der Waals surface area contributed by atoms with Crippen molar-refractivity contribution < 1.29 is 19.8 Å². The highest BCUT2D eigenvalue weighted by molar-refractivity contribution is 5.75. The number of aromatic hydroxyl groups is 1. The zero-order valence-electron chi connectivity index (χ0n) is 10.6. The second-order valence-electron chi connectivity index (χ2n) is 4.42. The zero-order chi connectivity index (χ0) is 14.8. The van der Waals surface area contributed by atoms with E-state index in [9.17, 15) is 10.2 Å². The molecule has 0 bridgehead atoms. The Morgan fingerprint density at radius 1 is 1.52 bits per heavy atom. The van der Waals surface area contributed by atoms with E-state index < -0.39 is 18.4 Å². The average molecular weight is 293 g/mol. The van der Waals surface area contributed by atoms with Crippen LogP contribution in [0.4, 0.5) is 0 Å². The minimum atomic E-state index is -0.781. The predicted molar refractivity (Wildman–Crippen MR) is 66.6 cm³/mol. The molecule has 21 heavy (non-hydrogen) atoms. The molecule has 0 amide bonds. The molecule has 3 heterocycles. The van der Waals surface area contributed by atoms with Crippen LogP contribution in [-0.4, -0.2) is 48.5 Å². The lowest BCUT2D eigenvalue weighted by Crippen LogP contribution is -2.25. The number of aliphatic hydroxyl groups excluding tert-OH is 1. The number of imidazole rings is 1. The number of ether oxygens (including phenoxy) is 1. The highest BCUT2D eigenvalue weighted by atomic mass is 16.7. The quantitative estimate of drug-likeness (QED) is 0.358. The minimum Gasteiger partial charge on any atom is -0.492 e. The summed E-state index contributed by atoms with van der Waals surface area (Å²) < 4.78 is 7.23. The Morgan fingerprint density at radius 3 is 3.19 bits per heavy atom. The maximum atomic E-state index is 9.93. The Labute approximate surface area is 117 Å². The SMILES string of the molecule is [N-]=[N+]=NOC[C@H]1O[C@@H](n2cnc3c(O)ncnc32)C[C@@H]1O. The summed E-state index contributed by atoms with van der Waals surface area (Å²) in [6.45, 7) is -0.0609.